The van der Waals surface area contributed by atoms with E-state index < -0.39 is 20.3 Å². The van der Waals surface area contributed by atoms with Crippen molar-refractivity contribution in [2.45, 2.75) is 161 Å². The fourth-order valence-corrected chi connectivity index (χ4v) is 26.7. The van der Waals surface area contributed by atoms with Crippen LogP contribution in [0.25, 0.3) is 12.2 Å². The second-order valence-corrected chi connectivity index (χ2v) is 30.8. The van der Waals surface area contributed by atoms with Crippen LogP contribution < -0.4 is 0 Å². The Morgan fingerprint density at radius 1 is 0.580 bits per heavy atom. The minimum absolute atomic E-state index is 0.00859. The molecule has 0 bridgehead atoms. The van der Waals surface area contributed by atoms with Crippen molar-refractivity contribution in [1.29, 1.82) is 0 Å². The van der Waals surface area contributed by atoms with Crippen molar-refractivity contribution in [3.05, 3.63) is 109 Å². The molecule has 1 saturated heterocycles. The molecule has 1 fully saturated rings. The second-order valence-electron chi connectivity index (χ2n) is 19.5. The molecule has 2 atom stereocenters. The van der Waals surface area contributed by atoms with E-state index in [1.54, 1.807) is 70.0 Å². The number of rotatable bonds is 6. The predicted octanol–water partition coefficient (Wildman–Crippen LogP) is 14.8. The van der Waals surface area contributed by atoms with Gasteiger partial charge in [-0.05, 0) is 28.0 Å². The third kappa shape index (κ3) is 7.36. The summed E-state index contributed by atoms with van der Waals surface area (Å²) in [6.45, 7) is 36.9. The molecule has 3 aliphatic rings. The molecule has 3 aromatic rings. The molecule has 2 heteroatoms. The molecule has 3 aromatic carbocycles. The van der Waals surface area contributed by atoms with Crippen LogP contribution in [0, 0.1) is 0 Å². The van der Waals surface area contributed by atoms with Gasteiger partial charge in [-0.3, -0.25) is 0 Å². The van der Waals surface area contributed by atoms with Gasteiger partial charge in [0.25, 0.3) is 0 Å². The van der Waals surface area contributed by atoms with E-state index in [2.05, 4.69) is 153 Å². The van der Waals surface area contributed by atoms with Gasteiger partial charge in [0, 0.05) is 0 Å². The summed E-state index contributed by atoms with van der Waals surface area (Å²) in [7, 11) is 0. The van der Waals surface area contributed by atoms with Gasteiger partial charge in [-0.25, -0.2) is 0 Å². The van der Waals surface area contributed by atoms with Crippen LogP contribution in [-0.4, -0.2) is 5.11 Å². The van der Waals surface area contributed by atoms with E-state index in [4.69, 9.17) is 0 Å². The first kappa shape index (κ1) is 39.0. The van der Waals surface area contributed by atoms with Crippen molar-refractivity contribution >= 4 is 12.2 Å². The first-order valence-electron chi connectivity index (χ1n) is 19.6. The average Bonchev–Trinajstić information content (AvgIpc) is 3.58. The fourth-order valence-electron chi connectivity index (χ4n) is 9.01. The molecular weight excluding hydrogens is 684 g/mol. The van der Waals surface area contributed by atoms with Crippen molar-refractivity contribution < 1.29 is 25.4 Å². The number of phenols is 1. The van der Waals surface area contributed by atoms with E-state index in [1.165, 1.54) is 5.56 Å². The van der Waals surface area contributed by atoms with Crippen LogP contribution in [-0.2, 0) is 31.1 Å². The summed E-state index contributed by atoms with van der Waals surface area (Å²) in [6.07, 6.45) is 5.21. The number of benzene rings is 3. The summed E-state index contributed by atoms with van der Waals surface area (Å²) in [6, 6.07) is 16.3. The zero-order chi connectivity index (χ0) is 37.2. The molecule has 6 rings (SSSR count). The van der Waals surface area contributed by atoms with Gasteiger partial charge in [0.1, 0.15) is 5.75 Å². The molecular formula is C48H68OZr. The number of aromatic hydroxyl groups is 1. The van der Waals surface area contributed by atoms with E-state index >= 15 is 0 Å². The number of hydrogen-bond acceptors (Lipinski definition) is 1. The van der Waals surface area contributed by atoms with E-state index in [1.807, 2.05) is 6.07 Å². The maximum absolute atomic E-state index is 9.84. The first-order chi connectivity index (χ1) is 23.1. The van der Waals surface area contributed by atoms with Gasteiger partial charge in [-0.15, -0.1) is 0 Å². The molecule has 1 nitrogen and oxygen atoms in total. The Balaban J connectivity index is 0.000000273. The Morgan fingerprint density at radius 2 is 1.00 bits per heavy atom. The van der Waals surface area contributed by atoms with E-state index in [9.17, 15) is 5.11 Å². The third-order valence-corrected chi connectivity index (χ3v) is 25.5. The van der Waals surface area contributed by atoms with Gasteiger partial charge >= 0.3 is 221 Å². The average molecular weight is 752 g/mol. The number of hydrogen-bond donors (Lipinski definition) is 1. The van der Waals surface area contributed by atoms with Crippen molar-refractivity contribution in [3.8, 4) is 5.75 Å². The summed E-state index contributed by atoms with van der Waals surface area (Å²) < 4.78 is 4.59. The molecule has 0 radical (unpaired) electrons. The Kier molecular flexibility index (Phi) is 10.9. The van der Waals surface area contributed by atoms with Crippen LogP contribution in [0.1, 0.15) is 197 Å². The Labute approximate surface area is 311 Å². The van der Waals surface area contributed by atoms with Crippen LogP contribution in [0.4, 0.5) is 0 Å². The van der Waals surface area contributed by atoms with Crippen LogP contribution in [0.15, 0.2) is 53.6 Å². The quantitative estimate of drug-likeness (QED) is 0.266. The van der Waals surface area contributed by atoms with Crippen molar-refractivity contribution in [2.24, 2.45) is 0 Å². The predicted molar refractivity (Wildman–Crippen MR) is 217 cm³/mol. The van der Waals surface area contributed by atoms with Gasteiger partial charge in [0.05, 0.1) is 0 Å². The SMILES string of the molecule is CC(C)(C)c1ccc(O)c(C(C)(C)C)c1.CC1=Cc2c(C(C)C)cc(C(C)C)cc2[CH]1[Zr]1([CH]2C(C)=Cc3c(C(C)C)cc(C(C)C)cc32)[CH2][CH2]1. The zero-order valence-electron chi connectivity index (χ0n) is 34.5. The molecule has 0 amide bonds. The number of allylic oxidation sites excluding steroid dienone is 2. The molecule has 1 heterocycles. The van der Waals surface area contributed by atoms with Gasteiger partial charge in [-0.1, -0.05) is 53.7 Å². The van der Waals surface area contributed by atoms with Crippen LogP contribution in [0.5, 0.6) is 5.75 Å². The van der Waals surface area contributed by atoms with E-state index in [0.717, 1.165) is 12.8 Å². The Bertz CT molecular complexity index is 1720. The number of fused-ring (bicyclic) bond motifs is 2. The summed E-state index contributed by atoms with van der Waals surface area (Å²) in [5.41, 5.74) is 18.7. The molecule has 1 N–H and O–H groups in total. The van der Waals surface area contributed by atoms with Gasteiger partial charge < -0.3 is 5.11 Å². The molecule has 0 spiro atoms. The van der Waals surface area contributed by atoms with E-state index in [-0.39, 0.29) is 10.8 Å². The normalized spacial score (nSPS) is 19.4. The molecule has 270 valence electrons. The second kappa shape index (κ2) is 14.0. The summed E-state index contributed by atoms with van der Waals surface area (Å²) in [4.78, 5) is 0. The monoisotopic (exact) mass is 750 g/mol. The zero-order valence-corrected chi connectivity index (χ0v) is 37.0. The van der Waals surface area contributed by atoms with Crippen LogP contribution in [0.3, 0.4) is 0 Å². The topological polar surface area (TPSA) is 20.2 Å². The van der Waals surface area contributed by atoms with Crippen molar-refractivity contribution in [1.82, 2.24) is 0 Å². The molecule has 1 aliphatic heterocycles. The van der Waals surface area contributed by atoms with Gasteiger partial charge in [0.15, 0.2) is 0 Å². The van der Waals surface area contributed by atoms with Crippen molar-refractivity contribution in [2.75, 3.05) is 0 Å². The van der Waals surface area contributed by atoms with Gasteiger partial charge in [-0.2, -0.15) is 0 Å². The Hall–Kier alpha value is -2.18. The maximum atomic E-state index is 9.84. The van der Waals surface area contributed by atoms with E-state index in [0.29, 0.717) is 29.4 Å². The first-order valence-corrected chi connectivity index (χ1v) is 26.0. The van der Waals surface area contributed by atoms with Crippen LogP contribution in [0.2, 0.25) is 8.26 Å². The fraction of sp³-hybridized carbons (Fsp3) is 0.542. The van der Waals surface area contributed by atoms with Crippen LogP contribution >= 0.6 is 0 Å². The molecule has 2 unspecified atom stereocenters. The Morgan fingerprint density at radius 3 is 1.32 bits per heavy atom. The molecule has 2 aliphatic carbocycles. The van der Waals surface area contributed by atoms with Gasteiger partial charge in [0.2, 0.25) is 0 Å². The minimum atomic E-state index is -2.56. The molecule has 0 aromatic heterocycles. The third-order valence-electron chi connectivity index (χ3n) is 12.0. The molecule has 0 saturated carbocycles. The summed E-state index contributed by atoms with van der Waals surface area (Å²) >= 11 is -2.56. The standard InChI is InChI=1S/2C16H21.C14H22O.C2H4.Zr/c2*1-10(2)13-8-14-6-12(5)7-16(14)15(9-13)11(3)4;1-13(2,3)10-7-8-12(15)11(9-10)14(4,5)6;1-2;/h2*6-11H,1-5H3;7-9,15H,1-6H3;1-2H2;. The molecule has 50 heavy (non-hydrogen) atoms. The van der Waals surface area contributed by atoms with Crippen molar-refractivity contribution in [3.63, 3.8) is 0 Å². The summed E-state index contributed by atoms with van der Waals surface area (Å²) in [5, 5.41) is 9.84. The number of phenolic OH excluding ortho intramolecular Hbond substituents is 1. The summed E-state index contributed by atoms with van der Waals surface area (Å²) in [5.74, 6) is 2.72.